The standard InChI is InChI=1S/C26H27N7O5S/c1-3-9-31(26(38)28-2)32-14-22(36)33-17(10-15-7-8-18(34)19(35)11-15)24(37)30(13-21(32)33)12-16-5-4-6-20-23(16)29-25(27)39-20/h1,4-8,11,17,21,34-35H,9-10,12-14H2,2H3,(H2,27,29)(H,28,38)/t17-,21+/m0/s1. The number of benzene rings is 2. The SMILES string of the molecule is C#CCN(C(=O)NC)N1CC(=O)N2[C@@H](Cc3ccc(O)c(O)c3)C(=O)N(Cc3cccc4sc(N)nc34)C[C@@H]21. The van der Waals surface area contributed by atoms with Crippen LogP contribution in [-0.4, -0.2) is 91.7 Å². The van der Waals surface area contributed by atoms with E-state index >= 15 is 0 Å². The van der Waals surface area contributed by atoms with E-state index in [1.807, 2.05) is 18.2 Å². The number of para-hydroxylation sites is 1. The average Bonchev–Trinajstić information content (AvgIpc) is 3.45. The van der Waals surface area contributed by atoms with Gasteiger partial charge in [-0.2, -0.15) is 5.01 Å². The van der Waals surface area contributed by atoms with Crippen molar-refractivity contribution < 1.29 is 24.6 Å². The molecule has 3 aromatic rings. The number of hydrazine groups is 1. The summed E-state index contributed by atoms with van der Waals surface area (Å²) in [5.74, 6) is 1.22. The number of carbonyl (C=O) groups excluding carboxylic acids is 3. The summed E-state index contributed by atoms with van der Waals surface area (Å²) < 4.78 is 0.893. The van der Waals surface area contributed by atoms with Gasteiger partial charge in [-0.3, -0.25) is 9.59 Å². The number of aromatic hydroxyl groups is 2. The smallest absolute Gasteiger partial charge is 0.332 e. The van der Waals surface area contributed by atoms with Crippen molar-refractivity contribution in [3.63, 3.8) is 0 Å². The number of aromatic nitrogens is 1. The van der Waals surface area contributed by atoms with E-state index in [0.717, 1.165) is 10.3 Å². The summed E-state index contributed by atoms with van der Waals surface area (Å²) in [6.45, 7) is 0.115. The highest BCUT2D eigenvalue weighted by molar-refractivity contribution is 7.22. The van der Waals surface area contributed by atoms with Crippen molar-refractivity contribution in [2.24, 2.45) is 0 Å². The molecule has 0 saturated carbocycles. The van der Waals surface area contributed by atoms with E-state index in [-0.39, 0.29) is 55.9 Å². The summed E-state index contributed by atoms with van der Waals surface area (Å²) in [6.07, 6.45) is 4.95. The number of anilines is 1. The van der Waals surface area contributed by atoms with Crippen molar-refractivity contribution in [2.75, 3.05) is 32.4 Å². The van der Waals surface area contributed by atoms with Gasteiger partial charge in [-0.05, 0) is 29.3 Å². The molecule has 2 aliphatic heterocycles. The van der Waals surface area contributed by atoms with Crippen LogP contribution >= 0.6 is 11.3 Å². The van der Waals surface area contributed by atoms with Crippen molar-refractivity contribution in [3.05, 3.63) is 47.5 Å². The minimum absolute atomic E-state index is 0.0703. The largest absolute Gasteiger partial charge is 0.504 e. The molecule has 5 rings (SSSR count). The Hall–Kier alpha value is -4.54. The Morgan fingerprint density at radius 2 is 2.08 bits per heavy atom. The van der Waals surface area contributed by atoms with Crippen LogP contribution in [0.3, 0.4) is 0 Å². The van der Waals surface area contributed by atoms with Crippen LogP contribution in [0.1, 0.15) is 11.1 Å². The first kappa shape index (κ1) is 26.1. The molecular formula is C26H27N7O5S. The highest BCUT2D eigenvalue weighted by atomic mass is 32.1. The molecule has 0 bridgehead atoms. The van der Waals surface area contributed by atoms with Crippen LogP contribution in [0.5, 0.6) is 11.5 Å². The second-order valence-electron chi connectivity index (χ2n) is 9.27. The van der Waals surface area contributed by atoms with E-state index in [0.29, 0.717) is 16.2 Å². The molecular weight excluding hydrogens is 522 g/mol. The molecule has 202 valence electrons. The number of nitrogens with one attached hydrogen (secondary N) is 1. The lowest BCUT2D eigenvalue weighted by Crippen LogP contribution is -2.66. The molecule has 0 aliphatic carbocycles. The van der Waals surface area contributed by atoms with Crippen molar-refractivity contribution >= 4 is 44.5 Å². The minimum atomic E-state index is -0.928. The predicted molar refractivity (Wildman–Crippen MR) is 144 cm³/mol. The van der Waals surface area contributed by atoms with Crippen molar-refractivity contribution in [3.8, 4) is 23.8 Å². The number of phenols is 2. The molecule has 0 unspecified atom stereocenters. The van der Waals surface area contributed by atoms with E-state index < -0.39 is 18.2 Å². The number of nitrogens with zero attached hydrogens (tertiary/aromatic N) is 5. The Bertz CT molecular complexity index is 1500. The first-order chi connectivity index (χ1) is 18.7. The van der Waals surface area contributed by atoms with Gasteiger partial charge in [0.2, 0.25) is 11.8 Å². The van der Waals surface area contributed by atoms with Gasteiger partial charge in [-0.1, -0.05) is 35.5 Å². The monoisotopic (exact) mass is 549 g/mol. The third-order valence-corrected chi connectivity index (χ3v) is 7.76. The molecule has 0 spiro atoms. The van der Waals surface area contributed by atoms with Gasteiger partial charge < -0.3 is 31.1 Å². The normalized spacial score (nSPS) is 19.3. The summed E-state index contributed by atoms with van der Waals surface area (Å²) in [7, 11) is 1.47. The van der Waals surface area contributed by atoms with Crippen LogP contribution in [0, 0.1) is 12.3 Å². The molecule has 3 heterocycles. The molecule has 2 fully saturated rings. The van der Waals surface area contributed by atoms with E-state index in [4.69, 9.17) is 12.2 Å². The van der Waals surface area contributed by atoms with Crippen molar-refractivity contribution in [1.29, 1.82) is 0 Å². The summed E-state index contributed by atoms with van der Waals surface area (Å²) >= 11 is 1.35. The van der Waals surface area contributed by atoms with E-state index in [9.17, 15) is 24.6 Å². The first-order valence-corrected chi connectivity index (χ1v) is 13.0. The summed E-state index contributed by atoms with van der Waals surface area (Å²) in [4.78, 5) is 47.5. The van der Waals surface area contributed by atoms with Gasteiger partial charge in [0.05, 0.1) is 29.9 Å². The molecule has 0 radical (unpaired) electrons. The fourth-order valence-electron chi connectivity index (χ4n) is 5.16. The fourth-order valence-corrected chi connectivity index (χ4v) is 5.94. The topological polar surface area (TPSA) is 156 Å². The molecule has 2 atom stereocenters. The molecule has 2 aromatic carbocycles. The number of terminal acetylenes is 1. The van der Waals surface area contributed by atoms with Crippen LogP contribution in [-0.2, 0) is 22.6 Å². The number of nitrogens with two attached hydrogens (primary N) is 1. The fraction of sp³-hybridized carbons (Fsp3) is 0.308. The molecule has 4 amide bonds. The molecule has 5 N–H and O–H groups in total. The van der Waals surface area contributed by atoms with Crippen LogP contribution in [0.2, 0.25) is 0 Å². The molecule has 2 saturated heterocycles. The quantitative estimate of drug-likeness (QED) is 0.261. The van der Waals surface area contributed by atoms with Gasteiger partial charge in [-0.25, -0.2) is 14.8 Å². The van der Waals surface area contributed by atoms with Crippen molar-refractivity contribution in [1.82, 2.24) is 30.1 Å². The number of piperazine rings is 1. The number of phenolic OH excluding ortho intramolecular Hbond substituents is 2. The lowest BCUT2D eigenvalue weighted by molar-refractivity contribution is -0.157. The molecule has 13 heteroatoms. The molecule has 2 aliphatic rings. The third kappa shape index (κ3) is 4.75. The van der Waals surface area contributed by atoms with Crippen LogP contribution in [0.25, 0.3) is 10.2 Å². The average molecular weight is 550 g/mol. The number of rotatable bonds is 6. The Labute approximate surface area is 228 Å². The van der Waals surface area contributed by atoms with Gasteiger partial charge in [0.25, 0.3) is 0 Å². The highest BCUT2D eigenvalue weighted by Gasteiger charge is 2.52. The number of amides is 4. The lowest BCUT2D eigenvalue weighted by Gasteiger charge is -2.46. The lowest BCUT2D eigenvalue weighted by atomic mass is 9.99. The minimum Gasteiger partial charge on any atom is -0.504 e. The second kappa shape index (κ2) is 10.3. The summed E-state index contributed by atoms with van der Waals surface area (Å²) in [5, 5.41) is 25.6. The number of carbonyl (C=O) groups is 3. The summed E-state index contributed by atoms with van der Waals surface area (Å²) in [6, 6.07) is 8.53. The first-order valence-electron chi connectivity index (χ1n) is 12.2. The van der Waals surface area contributed by atoms with Gasteiger partial charge in [0.15, 0.2) is 16.6 Å². The number of hydrogen-bond donors (Lipinski definition) is 4. The molecule has 12 nitrogen and oxygen atoms in total. The van der Waals surface area contributed by atoms with Gasteiger partial charge >= 0.3 is 6.03 Å². The van der Waals surface area contributed by atoms with Crippen LogP contribution in [0.15, 0.2) is 36.4 Å². The Morgan fingerprint density at radius 1 is 1.28 bits per heavy atom. The Morgan fingerprint density at radius 3 is 2.79 bits per heavy atom. The van der Waals surface area contributed by atoms with Crippen LogP contribution in [0.4, 0.5) is 9.93 Å². The molecule has 1 aromatic heterocycles. The predicted octanol–water partition coefficient (Wildman–Crippen LogP) is 0.903. The zero-order valence-electron chi connectivity index (χ0n) is 21.1. The number of hydrogen-bond acceptors (Lipinski definition) is 9. The Kier molecular flexibility index (Phi) is 6.90. The van der Waals surface area contributed by atoms with E-state index in [1.54, 1.807) is 16.0 Å². The van der Waals surface area contributed by atoms with E-state index in [1.165, 1.54) is 40.4 Å². The van der Waals surface area contributed by atoms with Gasteiger partial charge in [0.1, 0.15) is 12.2 Å². The maximum atomic E-state index is 13.9. The number of thiazole rings is 1. The van der Waals surface area contributed by atoms with Gasteiger partial charge in [0, 0.05) is 20.0 Å². The third-order valence-electron chi connectivity index (χ3n) is 6.92. The highest BCUT2D eigenvalue weighted by Crippen LogP contribution is 2.33. The molecule has 39 heavy (non-hydrogen) atoms. The maximum absolute atomic E-state index is 13.9. The van der Waals surface area contributed by atoms with Crippen molar-refractivity contribution in [2.45, 2.75) is 25.2 Å². The maximum Gasteiger partial charge on any atom is 0.332 e. The van der Waals surface area contributed by atoms with Gasteiger partial charge in [-0.15, -0.1) is 6.42 Å². The number of fused-ring (bicyclic) bond motifs is 2. The zero-order valence-corrected chi connectivity index (χ0v) is 21.9. The zero-order chi connectivity index (χ0) is 27.8. The second-order valence-corrected chi connectivity index (χ2v) is 10.3. The number of nitrogen functional groups attached to an aromatic ring is 1. The number of urea groups is 1. The Balaban J connectivity index is 1.53. The summed E-state index contributed by atoms with van der Waals surface area (Å²) in [5.41, 5.74) is 7.99. The van der Waals surface area contributed by atoms with Crippen LogP contribution < -0.4 is 11.1 Å². The van der Waals surface area contributed by atoms with E-state index in [2.05, 4.69) is 16.2 Å².